The first kappa shape index (κ1) is 11.3. The molecule has 1 rings (SSSR count). The highest BCUT2D eigenvalue weighted by atomic mass is 16.6. The smallest absolute Gasteiger partial charge is 0.410 e. The van der Waals surface area contributed by atoms with Crippen molar-refractivity contribution in [3.8, 4) is 0 Å². The molecule has 1 N–H and O–H groups in total. The third kappa shape index (κ3) is 3.54. The largest absolute Gasteiger partial charge is 0.445 e. The molecule has 0 radical (unpaired) electrons. The molecule has 4 heteroatoms. The normalized spacial score (nSPS) is 19.1. The number of carbonyl (C=O) groups excluding carboxylic acids is 1. The van der Waals surface area contributed by atoms with E-state index in [1.807, 2.05) is 14.0 Å². The zero-order valence-electron chi connectivity index (χ0n) is 9.08. The first-order chi connectivity index (χ1) is 6.74. The van der Waals surface area contributed by atoms with Crippen molar-refractivity contribution < 1.29 is 9.53 Å². The van der Waals surface area contributed by atoms with Gasteiger partial charge in [-0.2, -0.15) is 0 Å². The molecule has 1 aliphatic rings. The zero-order valence-corrected chi connectivity index (χ0v) is 9.08. The van der Waals surface area contributed by atoms with Crippen molar-refractivity contribution in [3.05, 3.63) is 0 Å². The van der Waals surface area contributed by atoms with Crippen LogP contribution >= 0.6 is 0 Å². The number of hydrogen-bond donors (Lipinski definition) is 1. The van der Waals surface area contributed by atoms with Crippen LogP contribution in [0.1, 0.15) is 26.2 Å². The number of likely N-dealkylation sites (N-methyl/N-ethyl adjacent to an activating group) is 1. The van der Waals surface area contributed by atoms with E-state index in [2.05, 4.69) is 5.32 Å². The predicted octanol–water partition coefficient (Wildman–Crippen LogP) is 1.22. The van der Waals surface area contributed by atoms with Gasteiger partial charge in [-0.15, -0.1) is 0 Å². The first-order valence-electron chi connectivity index (χ1n) is 5.34. The topological polar surface area (TPSA) is 41.6 Å². The molecule has 1 saturated heterocycles. The molecule has 1 amide bonds. The van der Waals surface area contributed by atoms with Crippen molar-refractivity contribution in [1.82, 2.24) is 10.2 Å². The van der Waals surface area contributed by atoms with Gasteiger partial charge in [0, 0.05) is 19.6 Å². The van der Waals surface area contributed by atoms with Crippen molar-refractivity contribution in [2.24, 2.45) is 0 Å². The molecule has 4 nitrogen and oxygen atoms in total. The Morgan fingerprint density at radius 1 is 1.43 bits per heavy atom. The summed E-state index contributed by atoms with van der Waals surface area (Å²) < 4.78 is 5.25. The molecule has 0 aromatic carbocycles. The molecule has 0 saturated carbocycles. The molecule has 82 valence electrons. The third-order valence-corrected chi connectivity index (χ3v) is 2.41. The summed E-state index contributed by atoms with van der Waals surface area (Å²) in [5.41, 5.74) is 0. The number of carbonyl (C=O) groups is 1. The summed E-state index contributed by atoms with van der Waals surface area (Å²) in [4.78, 5) is 13.4. The van der Waals surface area contributed by atoms with Crippen LogP contribution in [0.5, 0.6) is 0 Å². The SMILES string of the molecule is CNCC(C)OC(=O)N1CCCCC1. The highest BCUT2D eigenvalue weighted by molar-refractivity contribution is 5.67. The van der Waals surface area contributed by atoms with Crippen molar-refractivity contribution in [2.75, 3.05) is 26.7 Å². The Hall–Kier alpha value is -0.770. The van der Waals surface area contributed by atoms with Crippen LogP contribution in [-0.4, -0.2) is 43.8 Å². The van der Waals surface area contributed by atoms with E-state index in [1.165, 1.54) is 6.42 Å². The van der Waals surface area contributed by atoms with Crippen LogP contribution in [0.2, 0.25) is 0 Å². The van der Waals surface area contributed by atoms with Crippen molar-refractivity contribution in [1.29, 1.82) is 0 Å². The van der Waals surface area contributed by atoms with E-state index in [-0.39, 0.29) is 12.2 Å². The van der Waals surface area contributed by atoms with Crippen LogP contribution in [0.4, 0.5) is 4.79 Å². The minimum atomic E-state index is -0.160. The average Bonchev–Trinajstić information content (AvgIpc) is 2.19. The first-order valence-corrected chi connectivity index (χ1v) is 5.34. The second-order valence-corrected chi connectivity index (χ2v) is 3.80. The monoisotopic (exact) mass is 200 g/mol. The van der Waals surface area contributed by atoms with Gasteiger partial charge in [0.1, 0.15) is 6.10 Å². The standard InChI is InChI=1S/C10H20N2O2/c1-9(8-11-2)14-10(13)12-6-4-3-5-7-12/h9,11H,3-8H2,1-2H3. The van der Waals surface area contributed by atoms with E-state index in [9.17, 15) is 4.79 Å². The maximum atomic E-state index is 11.6. The van der Waals surface area contributed by atoms with Gasteiger partial charge in [0.15, 0.2) is 0 Å². The van der Waals surface area contributed by atoms with Gasteiger partial charge in [-0.1, -0.05) is 0 Å². The van der Waals surface area contributed by atoms with Gasteiger partial charge in [0.2, 0.25) is 0 Å². The summed E-state index contributed by atoms with van der Waals surface area (Å²) in [5, 5.41) is 2.98. The Balaban J connectivity index is 2.25. The minimum absolute atomic E-state index is 0.0468. The quantitative estimate of drug-likeness (QED) is 0.744. The fraction of sp³-hybridized carbons (Fsp3) is 0.900. The fourth-order valence-corrected chi connectivity index (χ4v) is 1.65. The van der Waals surface area contributed by atoms with Crippen LogP contribution < -0.4 is 5.32 Å². The third-order valence-electron chi connectivity index (χ3n) is 2.41. The Morgan fingerprint density at radius 3 is 2.64 bits per heavy atom. The van der Waals surface area contributed by atoms with E-state index < -0.39 is 0 Å². The second-order valence-electron chi connectivity index (χ2n) is 3.80. The lowest BCUT2D eigenvalue weighted by Gasteiger charge is -2.27. The molecule has 0 aromatic heterocycles. The summed E-state index contributed by atoms with van der Waals surface area (Å²) in [6, 6.07) is 0. The van der Waals surface area contributed by atoms with Crippen LogP contribution in [0.25, 0.3) is 0 Å². The predicted molar refractivity (Wildman–Crippen MR) is 55.3 cm³/mol. The van der Waals surface area contributed by atoms with E-state index in [0.717, 1.165) is 25.9 Å². The molecule has 1 atom stereocenters. The molecule has 0 aliphatic carbocycles. The lowest BCUT2D eigenvalue weighted by Crippen LogP contribution is -2.39. The number of amides is 1. The average molecular weight is 200 g/mol. The Kier molecular flexibility index (Phi) is 4.73. The number of likely N-dealkylation sites (tertiary alicyclic amines) is 1. The molecule has 1 unspecified atom stereocenters. The van der Waals surface area contributed by atoms with Crippen molar-refractivity contribution in [2.45, 2.75) is 32.3 Å². The highest BCUT2D eigenvalue weighted by Crippen LogP contribution is 2.10. The molecular weight excluding hydrogens is 180 g/mol. The van der Waals surface area contributed by atoms with Gasteiger partial charge in [-0.25, -0.2) is 4.79 Å². The molecule has 1 heterocycles. The van der Waals surface area contributed by atoms with Crippen molar-refractivity contribution >= 4 is 6.09 Å². The van der Waals surface area contributed by atoms with Gasteiger partial charge in [0.25, 0.3) is 0 Å². The summed E-state index contributed by atoms with van der Waals surface area (Å²) in [7, 11) is 1.85. The summed E-state index contributed by atoms with van der Waals surface area (Å²) in [5.74, 6) is 0. The summed E-state index contributed by atoms with van der Waals surface area (Å²) in [6.45, 7) is 4.31. The van der Waals surface area contributed by atoms with E-state index >= 15 is 0 Å². The fourth-order valence-electron chi connectivity index (χ4n) is 1.65. The number of ether oxygens (including phenoxy) is 1. The Morgan fingerprint density at radius 2 is 2.07 bits per heavy atom. The van der Waals surface area contributed by atoms with Gasteiger partial charge in [-0.3, -0.25) is 0 Å². The number of rotatable bonds is 3. The maximum Gasteiger partial charge on any atom is 0.410 e. The lowest BCUT2D eigenvalue weighted by molar-refractivity contribution is 0.0652. The molecule has 0 spiro atoms. The van der Waals surface area contributed by atoms with E-state index in [0.29, 0.717) is 6.54 Å². The van der Waals surface area contributed by atoms with E-state index in [1.54, 1.807) is 4.90 Å². The number of nitrogens with zero attached hydrogens (tertiary/aromatic N) is 1. The maximum absolute atomic E-state index is 11.6. The molecule has 0 aromatic rings. The zero-order chi connectivity index (χ0) is 10.4. The highest BCUT2D eigenvalue weighted by Gasteiger charge is 2.19. The van der Waals surface area contributed by atoms with Crippen LogP contribution in [-0.2, 0) is 4.74 Å². The van der Waals surface area contributed by atoms with Gasteiger partial charge in [-0.05, 0) is 33.2 Å². The molecule has 1 fully saturated rings. The molecule has 1 aliphatic heterocycles. The number of hydrogen-bond acceptors (Lipinski definition) is 3. The molecular formula is C10H20N2O2. The van der Waals surface area contributed by atoms with Crippen LogP contribution in [0, 0.1) is 0 Å². The Bertz CT molecular complexity index is 179. The summed E-state index contributed by atoms with van der Waals surface area (Å²) in [6.07, 6.45) is 3.24. The summed E-state index contributed by atoms with van der Waals surface area (Å²) >= 11 is 0. The van der Waals surface area contributed by atoms with Gasteiger partial charge in [0.05, 0.1) is 0 Å². The molecule has 14 heavy (non-hydrogen) atoms. The second kappa shape index (κ2) is 5.86. The van der Waals surface area contributed by atoms with Crippen molar-refractivity contribution in [3.63, 3.8) is 0 Å². The Labute approximate surface area is 85.6 Å². The van der Waals surface area contributed by atoms with Crippen LogP contribution in [0.15, 0.2) is 0 Å². The van der Waals surface area contributed by atoms with E-state index in [4.69, 9.17) is 4.74 Å². The number of nitrogens with one attached hydrogen (secondary N) is 1. The number of piperidine rings is 1. The molecule has 0 bridgehead atoms. The van der Waals surface area contributed by atoms with Crippen LogP contribution in [0.3, 0.4) is 0 Å². The van der Waals surface area contributed by atoms with Gasteiger partial charge < -0.3 is 15.0 Å². The van der Waals surface area contributed by atoms with Gasteiger partial charge >= 0.3 is 6.09 Å². The minimum Gasteiger partial charge on any atom is -0.445 e. The lowest BCUT2D eigenvalue weighted by atomic mass is 10.1.